The summed E-state index contributed by atoms with van der Waals surface area (Å²) in [6.07, 6.45) is 2.90. The predicted molar refractivity (Wildman–Crippen MR) is 120 cm³/mol. The number of likely N-dealkylation sites (tertiary alicyclic amines) is 1. The maximum Gasteiger partial charge on any atom is 0.191 e. The molecule has 5 nitrogen and oxygen atoms in total. The van der Waals surface area contributed by atoms with Crippen LogP contribution in [0.25, 0.3) is 0 Å². The van der Waals surface area contributed by atoms with Gasteiger partial charge in [-0.05, 0) is 50.8 Å². The van der Waals surface area contributed by atoms with Crippen molar-refractivity contribution in [3.05, 3.63) is 35.9 Å². The molecule has 3 N–H and O–H groups in total. The largest absolute Gasteiger partial charge is 0.388 e. The SMILES string of the molecule is CCNC(=NCC(C)CN1CCCC1)NCCC(O)c1ccccc1.I. The first-order valence-electron chi connectivity index (χ1n) is 9.66. The zero-order chi connectivity index (χ0) is 17.9. The van der Waals surface area contributed by atoms with Gasteiger partial charge in [0.1, 0.15) is 0 Å². The molecule has 0 radical (unpaired) electrons. The van der Waals surface area contributed by atoms with E-state index in [-0.39, 0.29) is 24.0 Å². The molecule has 6 heteroatoms. The zero-order valence-electron chi connectivity index (χ0n) is 16.2. The smallest absolute Gasteiger partial charge is 0.191 e. The van der Waals surface area contributed by atoms with Crippen LogP contribution in [0.2, 0.25) is 0 Å². The quantitative estimate of drug-likeness (QED) is 0.293. The van der Waals surface area contributed by atoms with Gasteiger partial charge in [-0.1, -0.05) is 37.3 Å². The number of nitrogens with one attached hydrogen (secondary N) is 2. The molecule has 1 aliphatic rings. The molecule has 1 fully saturated rings. The Morgan fingerprint density at radius 1 is 1.19 bits per heavy atom. The van der Waals surface area contributed by atoms with Gasteiger partial charge in [-0.2, -0.15) is 0 Å². The molecular weight excluding hydrogens is 439 g/mol. The fourth-order valence-electron chi connectivity index (χ4n) is 3.22. The highest BCUT2D eigenvalue weighted by atomic mass is 127. The molecule has 148 valence electrons. The van der Waals surface area contributed by atoms with Gasteiger partial charge in [0.15, 0.2) is 5.96 Å². The van der Waals surface area contributed by atoms with Crippen LogP contribution < -0.4 is 10.6 Å². The highest BCUT2D eigenvalue weighted by Gasteiger charge is 2.14. The van der Waals surface area contributed by atoms with E-state index in [0.717, 1.165) is 31.2 Å². The summed E-state index contributed by atoms with van der Waals surface area (Å²) in [7, 11) is 0. The topological polar surface area (TPSA) is 59.9 Å². The van der Waals surface area contributed by atoms with Crippen molar-refractivity contribution in [1.29, 1.82) is 0 Å². The zero-order valence-corrected chi connectivity index (χ0v) is 18.5. The Balaban J connectivity index is 0.00000338. The van der Waals surface area contributed by atoms with Crippen molar-refractivity contribution in [2.45, 2.75) is 39.2 Å². The molecular formula is C20H35IN4O. The number of halogens is 1. The molecule has 0 bridgehead atoms. The van der Waals surface area contributed by atoms with Crippen molar-refractivity contribution in [3.63, 3.8) is 0 Å². The van der Waals surface area contributed by atoms with Gasteiger partial charge in [0.25, 0.3) is 0 Å². The average Bonchev–Trinajstić information content (AvgIpc) is 3.13. The lowest BCUT2D eigenvalue weighted by Gasteiger charge is -2.19. The highest BCUT2D eigenvalue weighted by Crippen LogP contribution is 2.14. The number of benzene rings is 1. The third kappa shape index (κ3) is 8.68. The molecule has 1 heterocycles. The lowest BCUT2D eigenvalue weighted by Crippen LogP contribution is -2.38. The number of rotatable bonds is 9. The molecule has 26 heavy (non-hydrogen) atoms. The Morgan fingerprint density at radius 2 is 1.88 bits per heavy atom. The normalized spacial score (nSPS) is 17.4. The van der Waals surface area contributed by atoms with E-state index < -0.39 is 6.10 Å². The number of aliphatic hydroxyl groups excluding tert-OH is 1. The first kappa shape index (κ1) is 23.2. The highest BCUT2D eigenvalue weighted by molar-refractivity contribution is 14.0. The van der Waals surface area contributed by atoms with E-state index in [1.165, 1.54) is 25.9 Å². The van der Waals surface area contributed by atoms with Gasteiger partial charge in [0.05, 0.1) is 6.10 Å². The maximum absolute atomic E-state index is 10.2. The minimum Gasteiger partial charge on any atom is -0.388 e. The van der Waals surface area contributed by atoms with Gasteiger partial charge in [-0.3, -0.25) is 4.99 Å². The van der Waals surface area contributed by atoms with Gasteiger partial charge in [-0.25, -0.2) is 0 Å². The second kappa shape index (κ2) is 13.3. The van der Waals surface area contributed by atoms with Crippen LogP contribution in [0.1, 0.15) is 44.8 Å². The van der Waals surface area contributed by atoms with Crippen molar-refractivity contribution in [2.24, 2.45) is 10.9 Å². The molecule has 2 rings (SSSR count). The number of guanidine groups is 1. The van der Waals surface area contributed by atoms with E-state index in [0.29, 0.717) is 18.9 Å². The average molecular weight is 474 g/mol. The summed E-state index contributed by atoms with van der Waals surface area (Å²) >= 11 is 0. The summed E-state index contributed by atoms with van der Waals surface area (Å²) < 4.78 is 0. The summed E-state index contributed by atoms with van der Waals surface area (Å²) in [5.74, 6) is 1.40. The van der Waals surface area contributed by atoms with Crippen LogP contribution in [0.4, 0.5) is 0 Å². The first-order chi connectivity index (χ1) is 12.2. The summed E-state index contributed by atoms with van der Waals surface area (Å²) in [6.45, 7) is 10.3. The molecule has 2 unspecified atom stereocenters. The Hall–Kier alpha value is -0.860. The monoisotopic (exact) mass is 474 g/mol. The van der Waals surface area contributed by atoms with Crippen LogP contribution in [-0.2, 0) is 0 Å². The van der Waals surface area contributed by atoms with Crippen molar-refractivity contribution >= 4 is 29.9 Å². The molecule has 0 spiro atoms. The summed E-state index contributed by atoms with van der Waals surface area (Å²) in [5.41, 5.74) is 0.963. The van der Waals surface area contributed by atoms with E-state index in [4.69, 9.17) is 4.99 Å². The Morgan fingerprint density at radius 3 is 2.54 bits per heavy atom. The minimum absolute atomic E-state index is 0. The molecule has 1 aromatic rings. The molecule has 1 saturated heterocycles. The maximum atomic E-state index is 10.2. The second-order valence-electron chi connectivity index (χ2n) is 6.97. The fourth-order valence-corrected chi connectivity index (χ4v) is 3.22. The van der Waals surface area contributed by atoms with Gasteiger partial charge in [-0.15, -0.1) is 24.0 Å². The lowest BCUT2D eigenvalue weighted by molar-refractivity contribution is 0.168. The van der Waals surface area contributed by atoms with Gasteiger partial charge in [0.2, 0.25) is 0 Å². The third-order valence-corrected chi connectivity index (χ3v) is 4.57. The Bertz CT molecular complexity index is 506. The van der Waals surface area contributed by atoms with Crippen molar-refractivity contribution in [3.8, 4) is 0 Å². The first-order valence-corrected chi connectivity index (χ1v) is 9.66. The van der Waals surface area contributed by atoms with Crippen LogP contribution in [-0.4, -0.2) is 55.2 Å². The number of hydrogen-bond donors (Lipinski definition) is 3. The fraction of sp³-hybridized carbons (Fsp3) is 0.650. The molecule has 0 aliphatic carbocycles. The van der Waals surface area contributed by atoms with Crippen LogP contribution in [0.5, 0.6) is 0 Å². The molecule has 2 atom stereocenters. The summed E-state index contributed by atoms with van der Waals surface area (Å²) in [6, 6.07) is 9.81. The van der Waals surface area contributed by atoms with Crippen LogP contribution >= 0.6 is 24.0 Å². The van der Waals surface area contributed by atoms with E-state index in [1.54, 1.807) is 0 Å². The van der Waals surface area contributed by atoms with Crippen LogP contribution in [0, 0.1) is 5.92 Å². The number of hydrogen-bond acceptors (Lipinski definition) is 3. The van der Waals surface area contributed by atoms with Gasteiger partial charge < -0.3 is 20.6 Å². The number of aliphatic imine (C=N–C) groups is 1. The summed E-state index contributed by atoms with van der Waals surface area (Å²) in [5, 5.41) is 16.9. The second-order valence-corrected chi connectivity index (χ2v) is 6.97. The molecule has 0 saturated carbocycles. The van der Waals surface area contributed by atoms with Crippen LogP contribution in [0.15, 0.2) is 35.3 Å². The van der Waals surface area contributed by atoms with E-state index in [1.807, 2.05) is 30.3 Å². The minimum atomic E-state index is -0.439. The van der Waals surface area contributed by atoms with Crippen molar-refractivity contribution in [2.75, 3.05) is 39.3 Å². The predicted octanol–water partition coefficient (Wildman–Crippen LogP) is 3.02. The number of aliphatic hydroxyl groups is 1. The Kier molecular flexibility index (Phi) is 11.9. The molecule has 0 amide bonds. The van der Waals surface area contributed by atoms with E-state index in [9.17, 15) is 5.11 Å². The van der Waals surface area contributed by atoms with E-state index in [2.05, 4.69) is 29.4 Å². The van der Waals surface area contributed by atoms with Crippen molar-refractivity contribution in [1.82, 2.24) is 15.5 Å². The standard InChI is InChI=1S/C20H34N4O.HI/c1-3-21-20(23-15-17(2)16-24-13-7-8-14-24)22-12-11-19(25)18-9-5-4-6-10-18;/h4-6,9-10,17,19,25H,3,7-8,11-16H2,1-2H3,(H2,21,22,23);1H. The Labute approximate surface area is 175 Å². The molecule has 0 aromatic heterocycles. The van der Waals surface area contributed by atoms with Crippen LogP contribution in [0.3, 0.4) is 0 Å². The lowest BCUT2D eigenvalue weighted by atomic mass is 10.1. The number of nitrogens with zero attached hydrogens (tertiary/aromatic N) is 2. The third-order valence-electron chi connectivity index (χ3n) is 4.57. The summed E-state index contributed by atoms with van der Waals surface area (Å²) in [4.78, 5) is 7.25. The van der Waals surface area contributed by atoms with Gasteiger partial charge in [0, 0.05) is 26.2 Å². The van der Waals surface area contributed by atoms with Gasteiger partial charge >= 0.3 is 0 Å². The molecule has 1 aromatic carbocycles. The van der Waals surface area contributed by atoms with E-state index >= 15 is 0 Å². The molecule has 1 aliphatic heterocycles. The van der Waals surface area contributed by atoms with Crippen molar-refractivity contribution < 1.29 is 5.11 Å².